The molecule has 0 bridgehead atoms. The van der Waals surface area contributed by atoms with Crippen LogP contribution in [-0.4, -0.2) is 33.2 Å². The fourth-order valence-electron chi connectivity index (χ4n) is 3.36. The lowest BCUT2D eigenvalue weighted by molar-refractivity contribution is -0.122. The zero-order valence-electron chi connectivity index (χ0n) is 18.6. The average molecular weight is 433 g/mol. The fraction of sp³-hybridized carbons (Fsp3) is 0.435. The van der Waals surface area contributed by atoms with Gasteiger partial charge in [0.25, 0.3) is 0 Å². The number of rotatable bonds is 9. The number of aryl methyl sites for hydroxylation is 2. The van der Waals surface area contributed by atoms with Crippen molar-refractivity contribution in [3.05, 3.63) is 59.2 Å². The highest BCUT2D eigenvalue weighted by Crippen LogP contribution is 2.25. The standard InChI is InChI=1S/C23H32N2O4S/c1-7-22(19-10-9-16(3)17(4)15-19)24-23(26)18(5)25(30(6,27)28)20-11-13-21(14-12-20)29-8-2/h9-15,18,22H,7-8H2,1-6H3,(H,24,26)/t18-,22+/m1/s1. The molecule has 0 fully saturated rings. The van der Waals surface area contributed by atoms with Crippen LogP contribution < -0.4 is 14.4 Å². The zero-order chi connectivity index (χ0) is 22.5. The van der Waals surface area contributed by atoms with Gasteiger partial charge in [0.1, 0.15) is 11.8 Å². The average Bonchev–Trinajstić information content (AvgIpc) is 2.68. The van der Waals surface area contributed by atoms with Crippen LogP contribution in [0.15, 0.2) is 42.5 Å². The molecule has 2 aromatic rings. The first-order valence-corrected chi connectivity index (χ1v) is 12.0. The molecule has 2 rings (SSSR count). The number of hydrogen-bond donors (Lipinski definition) is 1. The van der Waals surface area contributed by atoms with Crippen molar-refractivity contribution in [2.75, 3.05) is 17.2 Å². The number of carbonyl (C=O) groups is 1. The summed E-state index contributed by atoms with van der Waals surface area (Å²) in [6.07, 6.45) is 1.80. The lowest BCUT2D eigenvalue weighted by Crippen LogP contribution is -2.48. The molecule has 164 valence electrons. The molecular formula is C23H32N2O4S. The third kappa shape index (κ3) is 5.75. The van der Waals surface area contributed by atoms with Gasteiger partial charge in [0, 0.05) is 0 Å². The van der Waals surface area contributed by atoms with Crippen molar-refractivity contribution in [1.82, 2.24) is 5.32 Å². The summed E-state index contributed by atoms with van der Waals surface area (Å²) in [4.78, 5) is 13.0. The summed E-state index contributed by atoms with van der Waals surface area (Å²) in [6.45, 7) is 10.1. The summed E-state index contributed by atoms with van der Waals surface area (Å²) in [5.41, 5.74) is 3.77. The largest absolute Gasteiger partial charge is 0.494 e. The molecule has 0 unspecified atom stereocenters. The van der Waals surface area contributed by atoms with E-state index in [1.54, 1.807) is 31.2 Å². The Labute approximate surface area is 180 Å². The molecule has 0 heterocycles. The number of sulfonamides is 1. The van der Waals surface area contributed by atoms with Crippen molar-refractivity contribution in [2.24, 2.45) is 0 Å². The second-order valence-corrected chi connectivity index (χ2v) is 9.33. The van der Waals surface area contributed by atoms with Gasteiger partial charge in [0.15, 0.2) is 0 Å². The predicted molar refractivity (Wildman–Crippen MR) is 121 cm³/mol. The minimum absolute atomic E-state index is 0.194. The normalized spacial score (nSPS) is 13.4. The van der Waals surface area contributed by atoms with E-state index in [9.17, 15) is 13.2 Å². The highest BCUT2D eigenvalue weighted by molar-refractivity contribution is 7.92. The van der Waals surface area contributed by atoms with E-state index >= 15 is 0 Å². The van der Waals surface area contributed by atoms with E-state index in [1.807, 2.05) is 39.8 Å². The second-order valence-electron chi connectivity index (χ2n) is 7.47. The molecule has 6 nitrogen and oxygen atoms in total. The number of nitrogens with one attached hydrogen (secondary N) is 1. The molecule has 0 radical (unpaired) electrons. The van der Waals surface area contributed by atoms with Crippen molar-refractivity contribution in [1.29, 1.82) is 0 Å². The van der Waals surface area contributed by atoms with E-state index in [1.165, 1.54) is 5.56 Å². The number of nitrogens with zero attached hydrogens (tertiary/aromatic N) is 1. The number of benzene rings is 2. The van der Waals surface area contributed by atoms with Crippen molar-refractivity contribution in [3.63, 3.8) is 0 Å². The molecule has 0 aliphatic rings. The van der Waals surface area contributed by atoms with Gasteiger partial charge in [-0.25, -0.2) is 8.42 Å². The molecule has 0 spiro atoms. The Balaban J connectivity index is 2.27. The van der Waals surface area contributed by atoms with E-state index in [2.05, 4.69) is 11.4 Å². The van der Waals surface area contributed by atoms with Gasteiger partial charge in [-0.1, -0.05) is 25.1 Å². The highest BCUT2D eigenvalue weighted by atomic mass is 32.2. The van der Waals surface area contributed by atoms with Gasteiger partial charge in [0.05, 0.1) is 24.6 Å². The zero-order valence-corrected chi connectivity index (χ0v) is 19.4. The Morgan fingerprint density at radius 3 is 2.20 bits per heavy atom. The maximum atomic E-state index is 13.0. The number of hydrogen-bond acceptors (Lipinski definition) is 4. The lowest BCUT2D eigenvalue weighted by atomic mass is 9.99. The number of ether oxygens (including phenoxy) is 1. The molecule has 1 N–H and O–H groups in total. The summed E-state index contributed by atoms with van der Waals surface area (Å²) in [7, 11) is -3.68. The van der Waals surface area contributed by atoms with Crippen molar-refractivity contribution in [2.45, 2.75) is 53.1 Å². The lowest BCUT2D eigenvalue weighted by Gasteiger charge is -2.30. The maximum Gasteiger partial charge on any atom is 0.244 e. The quantitative estimate of drug-likeness (QED) is 0.647. The van der Waals surface area contributed by atoms with Gasteiger partial charge in [-0.2, -0.15) is 0 Å². The number of anilines is 1. The second kappa shape index (κ2) is 9.98. The third-order valence-electron chi connectivity index (χ3n) is 5.15. The van der Waals surface area contributed by atoms with Gasteiger partial charge < -0.3 is 10.1 Å². The third-order valence-corrected chi connectivity index (χ3v) is 6.39. The first-order chi connectivity index (χ1) is 14.1. The maximum absolute atomic E-state index is 13.0. The summed E-state index contributed by atoms with van der Waals surface area (Å²) in [5.74, 6) is 0.298. The molecule has 30 heavy (non-hydrogen) atoms. The molecule has 0 saturated carbocycles. The van der Waals surface area contributed by atoms with E-state index in [0.717, 1.165) is 21.7 Å². The SMILES string of the molecule is CCOc1ccc(N([C@H](C)C(=O)N[C@@H](CC)c2ccc(C)c(C)c2)S(C)(=O)=O)cc1. The summed E-state index contributed by atoms with van der Waals surface area (Å²) in [5, 5.41) is 3.01. The monoisotopic (exact) mass is 432 g/mol. The van der Waals surface area contributed by atoms with Crippen LogP contribution in [0.3, 0.4) is 0 Å². The molecule has 7 heteroatoms. The Bertz CT molecular complexity index is 971. The molecule has 0 aliphatic heterocycles. The first kappa shape index (κ1) is 23.7. The van der Waals surface area contributed by atoms with Crippen molar-refractivity contribution >= 4 is 21.6 Å². The van der Waals surface area contributed by atoms with E-state index in [0.29, 0.717) is 24.5 Å². The van der Waals surface area contributed by atoms with Crippen LogP contribution in [0.25, 0.3) is 0 Å². The van der Waals surface area contributed by atoms with Crippen molar-refractivity contribution < 1.29 is 17.9 Å². The first-order valence-electron chi connectivity index (χ1n) is 10.2. The number of carbonyl (C=O) groups excluding carboxylic acids is 1. The Morgan fingerprint density at radius 2 is 1.70 bits per heavy atom. The molecule has 0 aliphatic carbocycles. The predicted octanol–water partition coefficient (Wildman–Crippen LogP) is 4.12. The molecule has 2 aromatic carbocycles. The number of amides is 1. The topological polar surface area (TPSA) is 75.7 Å². The summed E-state index contributed by atoms with van der Waals surface area (Å²) in [6, 6.07) is 11.7. The smallest absolute Gasteiger partial charge is 0.244 e. The van der Waals surface area contributed by atoms with E-state index in [4.69, 9.17) is 4.74 Å². The minimum Gasteiger partial charge on any atom is -0.494 e. The van der Waals surface area contributed by atoms with Gasteiger partial charge in [-0.15, -0.1) is 0 Å². The minimum atomic E-state index is -3.68. The van der Waals surface area contributed by atoms with Crippen LogP contribution in [0.4, 0.5) is 5.69 Å². The van der Waals surface area contributed by atoms with Crippen LogP contribution >= 0.6 is 0 Å². The Kier molecular flexibility index (Phi) is 7.89. The Morgan fingerprint density at radius 1 is 1.07 bits per heavy atom. The molecule has 1 amide bonds. The van der Waals surface area contributed by atoms with Crippen LogP contribution in [0.1, 0.15) is 49.9 Å². The van der Waals surface area contributed by atoms with Crippen LogP contribution in [0, 0.1) is 13.8 Å². The molecular weight excluding hydrogens is 400 g/mol. The van der Waals surface area contributed by atoms with E-state index in [-0.39, 0.29) is 11.9 Å². The van der Waals surface area contributed by atoms with Crippen LogP contribution in [0.2, 0.25) is 0 Å². The fourth-order valence-corrected chi connectivity index (χ4v) is 4.53. The molecule has 0 saturated heterocycles. The van der Waals surface area contributed by atoms with Crippen molar-refractivity contribution in [3.8, 4) is 5.75 Å². The van der Waals surface area contributed by atoms with E-state index < -0.39 is 16.1 Å². The van der Waals surface area contributed by atoms with Crippen LogP contribution in [-0.2, 0) is 14.8 Å². The molecule has 2 atom stereocenters. The summed E-state index contributed by atoms with van der Waals surface area (Å²) < 4.78 is 31.6. The highest BCUT2D eigenvalue weighted by Gasteiger charge is 2.30. The Hall–Kier alpha value is -2.54. The van der Waals surface area contributed by atoms with Gasteiger partial charge >= 0.3 is 0 Å². The van der Waals surface area contributed by atoms with Gasteiger partial charge in [-0.05, 0) is 75.1 Å². The van der Waals surface area contributed by atoms with Gasteiger partial charge in [0.2, 0.25) is 15.9 Å². The molecule has 0 aromatic heterocycles. The van der Waals surface area contributed by atoms with Gasteiger partial charge in [-0.3, -0.25) is 9.10 Å². The van der Waals surface area contributed by atoms with Crippen LogP contribution in [0.5, 0.6) is 5.75 Å². The summed E-state index contributed by atoms with van der Waals surface area (Å²) >= 11 is 0.